The number of hydrogen-bond acceptors (Lipinski definition) is 3. The third-order valence-corrected chi connectivity index (χ3v) is 3.99. The van der Waals surface area contributed by atoms with Crippen LogP contribution in [-0.2, 0) is 0 Å². The van der Waals surface area contributed by atoms with Gasteiger partial charge in [-0.05, 0) is 54.8 Å². The van der Waals surface area contributed by atoms with Gasteiger partial charge in [-0.2, -0.15) is 0 Å². The summed E-state index contributed by atoms with van der Waals surface area (Å²) in [6, 6.07) is 8.43. The van der Waals surface area contributed by atoms with Crippen molar-refractivity contribution >= 4 is 23.5 Å². The van der Waals surface area contributed by atoms with Gasteiger partial charge < -0.3 is 9.84 Å². The molecule has 0 atom stereocenters. The molecule has 0 radical (unpaired) electrons. The molecule has 0 saturated heterocycles. The number of benzene rings is 2. The number of methoxy groups -OCH3 is 1. The monoisotopic (exact) mass is 316 g/mol. The van der Waals surface area contributed by atoms with E-state index in [2.05, 4.69) is 0 Å². The van der Waals surface area contributed by atoms with Crippen LogP contribution in [0.2, 0.25) is 5.02 Å². The van der Waals surface area contributed by atoms with Crippen molar-refractivity contribution in [3.63, 3.8) is 0 Å². The lowest BCUT2D eigenvalue weighted by Gasteiger charge is -2.13. The van der Waals surface area contributed by atoms with Crippen LogP contribution in [0.1, 0.15) is 27.0 Å². The van der Waals surface area contributed by atoms with E-state index in [0.29, 0.717) is 21.9 Å². The highest BCUT2D eigenvalue weighted by molar-refractivity contribution is 6.33. The molecule has 0 spiro atoms. The third-order valence-electron chi connectivity index (χ3n) is 3.41. The lowest BCUT2D eigenvalue weighted by molar-refractivity contribution is 0.104. The largest absolute Gasteiger partial charge is 0.508 e. The first-order valence-electron chi connectivity index (χ1n) is 6.79. The number of aryl methyl sites for hydroxylation is 1. The summed E-state index contributed by atoms with van der Waals surface area (Å²) in [7, 11) is 1.53. The Kier molecular flexibility index (Phi) is 4.88. The average Bonchev–Trinajstić information content (AvgIpc) is 2.50. The quantitative estimate of drug-likeness (QED) is 0.664. The van der Waals surface area contributed by atoms with Gasteiger partial charge in [0.1, 0.15) is 11.5 Å². The van der Waals surface area contributed by atoms with Gasteiger partial charge in [0.05, 0.1) is 12.7 Å². The number of halogens is 1. The molecule has 0 unspecified atom stereocenters. The number of carbonyl (C=O) groups excluding carboxylic acids is 1. The zero-order chi connectivity index (χ0) is 16.3. The molecule has 0 fully saturated rings. The summed E-state index contributed by atoms with van der Waals surface area (Å²) >= 11 is 6.23. The Bertz CT molecular complexity index is 748. The Balaban J connectivity index is 2.39. The summed E-state index contributed by atoms with van der Waals surface area (Å²) in [6.07, 6.45) is 3.10. The van der Waals surface area contributed by atoms with Gasteiger partial charge in [-0.1, -0.05) is 29.8 Å². The predicted octanol–water partition coefficient (Wildman–Crippen LogP) is 4.57. The molecule has 0 aliphatic rings. The molecule has 22 heavy (non-hydrogen) atoms. The van der Waals surface area contributed by atoms with Crippen LogP contribution in [0.5, 0.6) is 11.5 Å². The Labute approximate surface area is 134 Å². The molecule has 0 aromatic heterocycles. The fraction of sp³-hybridized carbons (Fsp3) is 0.167. The van der Waals surface area contributed by atoms with Crippen LogP contribution < -0.4 is 4.74 Å². The summed E-state index contributed by atoms with van der Waals surface area (Å²) in [5, 5.41) is 10.00. The molecular formula is C18H17ClO3. The molecule has 0 amide bonds. The maximum Gasteiger partial charge on any atom is 0.189 e. The third kappa shape index (κ3) is 3.31. The number of aromatic hydroxyl groups is 1. The zero-order valence-corrected chi connectivity index (χ0v) is 13.4. The average molecular weight is 317 g/mol. The van der Waals surface area contributed by atoms with Gasteiger partial charge in [0.25, 0.3) is 0 Å². The van der Waals surface area contributed by atoms with Gasteiger partial charge >= 0.3 is 0 Å². The van der Waals surface area contributed by atoms with Crippen molar-refractivity contribution in [2.24, 2.45) is 0 Å². The number of carbonyl (C=O) groups is 1. The van der Waals surface area contributed by atoms with E-state index in [1.807, 2.05) is 6.92 Å². The van der Waals surface area contributed by atoms with E-state index in [9.17, 15) is 9.90 Å². The Morgan fingerprint density at radius 3 is 2.64 bits per heavy atom. The number of allylic oxidation sites excluding steroid dienone is 1. The van der Waals surface area contributed by atoms with E-state index in [4.69, 9.17) is 16.3 Å². The highest BCUT2D eigenvalue weighted by Crippen LogP contribution is 2.32. The van der Waals surface area contributed by atoms with E-state index < -0.39 is 0 Å². The second-order valence-electron chi connectivity index (χ2n) is 5.00. The van der Waals surface area contributed by atoms with Gasteiger partial charge in [-0.25, -0.2) is 0 Å². The molecule has 114 valence electrons. The van der Waals surface area contributed by atoms with Crippen molar-refractivity contribution in [3.05, 3.63) is 63.7 Å². The Morgan fingerprint density at radius 2 is 2.00 bits per heavy atom. The summed E-state index contributed by atoms with van der Waals surface area (Å²) in [4.78, 5) is 12.5. The molecule has 0 aliphatic carbocycles. The van der Waals surface area contributed by atoms with Crippen LogP contribution in [0.15, 0.2) is 36.4 Å². The first-order chi connectivity index (χ1) is 10.4. The van der Waals surface area contributed by atoms with E-state index in [0.717, 1.165) is 11.1 Å². The van der Waals surface area contributed by atoms with Crippen molar-refractivity contribution in [1.82, 2.24) is 0 Å². The molecule has 0 bridgehead atoms. The Morgan fingerprint density at radius 1 is 1.27 bits per heavy atom. The molecule has 2 aromatic rings. The first kappa shape index (κ1) is 16.1. The van der Waals surface area contributed by atoms with Crippen LogP contribution in [-0.4, -0.2) is 18.0 Å². The molecular weight excluding hydrogens is 300 g/mol. The summed E-state index contributed by atoms with van der Waals surface area (Å²) in [6.45, 7) is 3.67. The van der Waals surface area contributed by atoms with Crippen molar-refractivity contribution < 1.29 is 14.6 Å². The number of hydrogen-bond donors (Lipinski definition) is 1. The highest BCUT2D eigenvalue weighted by Gasteiger charge is 2.17. The van der Waals surface area contributed by atoms with Crippen LogP contribution >= 0.6 is 11.6 Å². The second-order valence-corrected chi connectivity index (χ2v) is 5.38. The number of ketones is 1. The second kappa shape index (κ2) is 6.67. The van der Waals surface area contributed by atoms with Crippen LogP contribution in [0.25, 0.3) is 6.08 Å². The molecule has 3 nitrogen and oxygen atoms in total. The van der Waals surface area contributed by atoms with Crippen molar-refractivity contribution in [2.75, 3.05) is 7.11 Å². The first-order valence-corrected chi connectivity index (χ1v) is 7.17. The molecule has 1 N–H and O–H groups in total. The van der Waals surface area contributed by atoms with E-state index in [1.54, 1.807) is 43.3 Å². The van der Waals surface area contributed by atoms with E-state index in [-0.39, 0.29) is 11.5 Å². The SMILES string of the molecule is COc1cc(C)c(Cl)c(C)c1C(=O)/C=C/c1cccc(O)c1. The maximum absolute atomic E-state index is 12.5. The van der Waals surface area contributed by atoms with Crippen molar-refractivity contribution in [2.45, 2.75) is 13.8 Å². The molecule has 4 heteroatoms. The molecule has 0 heterocycles. The van der Waals surface area contributed by atoms with Gasteiger partial charge in [0.15, 0.2) is 5.78 Å². The highest BCUT2D eigenvalue weighted by atomic mass is 35.5. The molecule has 0 aliphatic heterocycles. The van der Waals surface area contributed by atoms with Gasteiger partial charge in [-0.15, -0.1) is 0 Å². The molecule has 2 aromatic carbocycles. The molecule has 2 rings (SSSR count). The Hall–Kier alpha value is -2.26. The van der Waals surface area contributed by atoms with Crippen LogP contribution in [0, 0.1) is 13.8 Å². The number of phenolic OH excluding ortho intramolecular Hbond substituents is 1. The zero-order valence-electron chi connectivity index (χ0n) is 12.7. The smallest absolute Gasteiger partial charge is 0.189 e. The van der Waals surface area contributed by atoms with Crippen LogP contribution in [0.4, 0.5) is 0 Å². The minimum absolute atomic E-state index is 0.154. The van der Waals surface area contributed by atoms with E-state index >= 15 is 0 Å². The summed E-state index contributed by atoms with van der Waals surface area (Å²) < 4.78 is 5.30. The predicted molar refractivity (Wildman–Crippen MR) is 88.9 cm³/mol. The van der Waals surface area contributed by atoms with Gasteiger partial charge in [0, 0.05) is 5.02 Å². The summed E-state index contributed by atoms with van der Waals surface area (Å²) in [5.74, 6) is 0.464. The van der Waals surface area contributed by atoms with Crippen molar-refractivity contribution in [1.29, 1.82) is 0 Å². The maximum atomic E-state index is 12.5. The van der Waals surface area contributed by atoms with Gasteiger partial charge in [0.2, 0.25) is 0 Å². The number of ether oxygens (including phenoxy) is 1. The topological polar surface area (TPSA) is 46.5 Å². The van der Waals surface area contributed by atoms with Crippen LogP contribution in [0.3, 0.4) is 0 Å². The minimum Gasteiger partial charge on any atom is -0.508 e. The lowest BCUT2D eigenvalue weighted by atomic mass is 9.99. The fourth-order valence-electron chi connectivity index (χ4n) is 2.27. The minimum atomic E-state index is -0.195. The van der Waals surface area contributed by atoms with Crippen molar-refractivity contribution in [3.8, 4) is 11.5 Å². The van der Waals surface area contributed by atoms with Gasteiger partial charge in [-0.3, -0.25) is 4.79 Å². The number of rotatable bonds is 4. The standard InChI is InChI=1S/C18H17ClO3/c1-11-9-16(22-3)17(12(2)18(11)19)15(21)8-7-13-5-4-6-14(20)10-13/h4-10,20H,1-3H3/b8-7+. The lowest BCUT2D eigenvalue weighted by Crippen LogP contribution is -2.03. The van der Waals surface area contributed by atoms with E-state index in [1.165, 1.54) is 13.2 Å². The fourth-order valence-corrected chi connectivity index (χ4v) is 2.42. The number of phenols is 1. The normalized spacial score (nSPS) is 10.9. The molecule has 0 saturated carbocycles. The summed E-state index contributed by atoms with van der Waals surface area (Å²) in [5.41, 5.74) is 2.76.